The Morgan fingerprint density at radius 3 is 2.33 bits per heavy atom. The predicted molar refractivity (Wildman–Crippen MR) is 26.2 cm³/mol. The van der Waals surface area contributed by atoms with Crippen LogP contribution in [0.3, 0.4) is 0 Å². The topological polar surface area (TPSA) is 11.3 Å². The third-order valence-corrected chi connectivity index (χ3v) is 0.483. The normalized spacial score (nSPS) is 7.50. The summed E-state index contributed by atoms with van der Waals surface area (Å²) >= 11 is 0. The van der Waals surface area contributed by atoms with Crippen LogP contribution >= 0.6 is 0 Å². The highest BCUT2D eigenvalue weighted by Gasteiger charge is 1.84. The van der Waals surface area contributed by atoms with E-state index in [9.17, 15) is 0 Å². The van der Waals surface area contributed by atoms with Crippen molar-refractivity contribution in [1.29, 1.82) is 0 Å². The first-order chi connectivity index (χ1) is 2.81. The van der Waals surface area contributed by atoms with Crippen LogP contribution in [0.4, 0.5) is 0 Å². The van der Waals surface area contributed by atoms with E-state index >= 15 is 0 Å². The van der Waals surface area contributed by atoms with Crippen molar-refractivity contribution >= 4 is 6.79 Å². The fraction of sp³-hybridized carbons (Fsp3) is 0.200. The van der Waals surface area contributed by atoms with Crippen LogP contribution in [0, 0.1) is 6.92 Å². The van der Waals surface area contributed by atoms with Gasteiger partial charge in [-0.3, -0.25) is 0 Å². The lowest BCUT2D eigenvalue weighted by atomic mass is 10.4. The third kappa shape index (κ3) is 1.70. The smallest absolute Gasteiger partial charge is 0.291 e. The van der Waals surface area contributed by atoms with Gasteiger partial charge < -0.3 is 6.92 Å². The van der Waals surface area contributed by atoms with Gasteiger partial charge >= 0.3 is 0 Å². The molecule has 1 heteroatoms. The van der Waals surface area contributed by atoms with E-state index in [2.05, 4.69) is 24.7 Å². The van der Waals surface area contributed by atoms with Crippen molar-refractivity contribution in [2.45, 2.75) is 6.42 Å². The van der Waals surface area contributed by atoms with E-state index < -0.39 is 0 Å². The summed E-state index contributed by atoms with van der Waals surface area (Å²) in [4.78, 5) is 0. The van der Waals surface area contributed by atoms with Gasteiger partial charge in [0.15, 0.2) is 0 Å². The molecule has 0 heterocycles. The summed E-state index contributed by atoms with van der Waals surface area (Å²) in [5.74, 6) is 0.620. The molecule has 0 aliphatic heterocycles. The maximum Gasteiger partial charge on any atom is 0.291 e. The van der Waals surface area contributed by atoms with Crippen LogP contribution in [0.1, 0.15) is 6.42 Å². The van der Waals surface area contributed by atoms with Gasteiger partial charge in [-0.2, -0.15) is 0 Å². The van der Waals surface area contributed by atoms with Gasteiger partial charge in [0.05, 0.1) is 0 Å². The fourth-order valence-corrected chi connectivity index (χ4v) is 0.0722. The number of carbonyl (C=O) groups excluding carboxylic acids is 1. The van der Waals surface area contributed by atoms with Crippen LogP contribution < -0.4 is 0 Å². The van der Waals surface area contributed by atoms with Crippen molar-refractivity contribution < 1.29 is 4.42 Å². The van der Waals surface area contributed by atoms with Gasteiger partial charge in [0.2, 0.25) is 0 Å². The second-order valence-corrected chi connectivity index (χ2v) is 0.933. The lowest BCUT2D eigenvalue weighted by Gasteiger charge is -1.76. The fourth-order valence-electron chi connectivity index (χ4n) is 0.0722. The molecule has 1 nitrogen and oxygen atoms in total. The van der Waals surface area contributed by atoms with Crippen LogP contribution in [0.5, 0.6) is 0 Å². The minimum atomic E-state index is 0.601. The third-order valence-electron chi connectivity index (χ3n) is 0.483. The highest BCUT2D eigenvalue weighted by atomic mass is 16.4. The summed E-state index contributed by atoms with van der Waals surface area (Å²) in [7, 11) is 0. The quantitative estimate of drug-likeness (QED) is 0.269. The Labute approximate surface area is 38.0 Å². The first-order valence-electron chi connectivity index (χ1n) is 1.70. The molecule has 0 aromatic heterocycles. The van der Waals surface area contributed by atoms with Gasteiger partial charge in [0.1, 0.15) is 0 Å². The average molecular weight is 84.1 g/mol. The summed E-state index contributed by atoms with van der Waals surface area (Å²) < 4.78 is 4.39. The number of allylic oxidation sites excluding steroid dienone is 1. The molecular weight excluding hydrogens is 76.1 g/mol. The van der Waals surface area contributed by atoms with Crippen molar-refractivity contribution in [3.63, 3.8) is 0 Å². The Bertz CT molecular complexity index is 64.3. The van der Waals surface area contributed by atoms with Gasteiger partial charge in [-0.25, -0.2) is 4.42 Å². The molecule has 0 unspecified atom stereocenters. The van der Waals surface area contributed by atoms with E-state index in [4.69, 9.17) is 0 Å². The number of hydrogen-bond acceptors (Lipinski definition) is 0. The highest BCUT2D eigenvalue weighted by molar-refractivity contribution is 5.13. The summed E-state index contributed by atoms with van der Waals surface area (Å²) in [6.45, 7) is 10.1. The van der Waals surface area contributed by atoms with E-state index in [-0.39, 0.29) is 0 Å². The zero-order valence-corrected chi connectivity index (χ0v) is 3.74. The standard InChI is InChI=1S/C5H8O/c1-4-5(2)6-3/h1-4H2. The van der Waals surface area contributed by atoms with Crippen LogP contribution in [-0.4, -0.2) is 6.79 Å². The van der Waals surface area contributed by atoms with Crippen molar-refractivity contribution in [2.24, 2.45) is 0 Å². The maximum absolute atomic E-state index is 4.39. The summed E-state index contributed by atoms with van der Waals surface area (Å²) in [6.07, 6.45) is 0.601. The molecule has 6 heavy (non-hydrogen) atoms. The molecule has 0 atom stereocenters. The number of hydrogen-bond donors (Lipinski definition) is 0. The molecule has 0 rings (SSSR count). The van der Waals surface area contributed by atoms with Gasteiger partial charge in [-0.15, -0.1) is 0 Å². The molecule has 0 aromatic rings. The first kappa shape index (κ1) is 5.41. The second-order valence-electron chi connectivity index (χ2n) is 0.933. The number of rotatable bonds is 2. The molecule has 0 N–H and O–H groups in total. The molecule has 0 aromatic carbocycles. The van der Waals surface area contributed by atoms with Crippen molar-refractivity contribution in [3.8, 4) is 0 Å². The zero-order valence-electron chi connectivity index (χ0n) is 3.74. The lowest BCUT2D eigenvalue weighted by Crippen LogP contribution is -1.71. The van der Waals surface area contributed by atoms with Gasteiger partial charge in [0.25, 0.3) is 12.5 Å². The molecule has 0 spiro atoms. The molecule has 34 valence electrons. The van der Waals surface area contributed by atoms with E-state index in [0.717, 1.165) is 0 Å². The molecule has 0 amide bonds. The molecule has 0 aliphatic rings. The van der Waals surface area contributed by atoms with Gasteiger partial charge in [-0.1, -0.05) is 6.42 Å². The first-order valence-corrected chi connectivity index (χ1v) is 1.70. The van der Waals surface area contributed by atoms with E-state index in [1.54, 1.807) is 0 Å². The molecule has 0 aliphatic carbocycles. The van der Waals surface area contributed by atoms with Crippen molar-refractivity contribution in [1.82, 2.24) is 0 Å². The van der Waals surface area contributed by atoms with E-state index in [1.165, 1.54) is 0 Å². The monoisotopic (exact) mass is 84.1 g/mol. The van der Waals surface area contributed by atoms with Crippen LogP contribution in [-0.2, 0) is 4.42 Å². The molecule has 0 saturated carbocycles. The highest BCUT2D eigenvalue weighted by Crippen LogP contribution is 1.87. The zero-order chi connectivity index (χ0) is 4.99. The Morgan fingerprint density at radius 2 is 2.33 bits per heavy atom. The molecule has 0 bridgehead atoms. The van der Waals surface area contributed by atoms with Crippen LogP contribution in [0.25, 0.3) is 0 Å². The Balaban J connectivity index is 3.23. The van der Waals surface area contributed by atoms with E-state index in [0.29, 0.717) is 12.2 Å². The lowest BCUT2D eigenvalue weighted by molar-refractivity contribution is -0.387. The Kier molecular flexibility index (Phi) is 2.38. The molecule has 0 radical (unpaired) electrons. The van der Waals surface area contributed by atoms with Crippen molar-refractivity contribution in [2.75, 3.05) is 0 Å². The summed E-state index contributed by atoms with van der Waals surface area (Å²) in [5.41, 5.74) is 0. The largest absolute Gasteiger partial charge is 0.331 e. The predicted octanol–water partition coefficient (Wildman–Crippen LogP) is 1.09. The summed E-state index contributed by atoms with van der Waals surface area (Å²) in [6, 6.07) is 0. The average Bonchev–Trinajstić information content (AvgIpc) is 1.65. The Morgan fingerprint density at radius 1 is 1.83 bits per heavy atom. The minimum Gasteiger partial charge on any atom is -0.331 e. The maximum atomic E-state index is 4.39. The van der Waals surface area contributed by atoms with Gasteiger partial charge in [0, 0.05) is 0 Å². The van der Waals surface area contributed by atoms with Gasteiger partial charge in [-0.05, 0) is 6.58 Å². The van der Waals surface area contributed by atoms with E-state index in [1.807, 2.05) is 0 Å². The molecule has 0 saturated heterocycles. The van der Waals surface area contributed by atoms with Crippen LogP contribution in [0.15, 0.2) is 12.3 Å². The molecule has 0 fully saturated rings. The van der Waals surface area contributed by atoms with Crippen LogP contribution in [0.2, 0.25) is 0 Å². The molecular formula is C5H8O. The Hall–Kier alpha value is -0.590. The minimum absolute atomic E-state index is 0.601. The second kappa shape index (κ2) is 2.64. The SMILES string of the molecule is C=[O+]C(=C)C[CH2-]. The van der Waals surface area contributed by atoms with Crippen molar-refractivity contribution in [3.05, 3.63) is 19.3 Å². The summed E-state index contributed by atoms with van der Waals surface area (Å²) in [5, 5.41) is 0.